The second-order valence-corrected chi connectivity index (χ2v) is 12.9. The number of aliphatic hydroxyl groups excluding tert-OH is 1. The third-order valence-electron chi connectivity index (χ3n) is 7.76. The number of hydrogen-bond acceptors (Lipinski definition) is 17. The van der Waals surface area contributed by atoms with Gasteiger partial charge in [0.2, 0.25) is 5.91 Å². The van der Waals surface area contributed by atoms with Crippen molar-refractivity contribution in [2.24, 2.45) is 20.5 Å². The molecule has 298 valence electrons. The van der Waals surface area contributed by atoms with E-state index in [0.717, 1.165) is 42.5 Å². The first-order chi connectivity index (χ1) is 27.0. The molecule has 5 aromatic rings. The van der Waals surface area contributed by atoms with Gasteiger partial charge in [0.1, 0.15) is 38.7 Å². The van der Waals surface area contributed by atoms with Gasteiger partial charge in [-0.25, -0.2) is 8.42 Å². The molecule has 1 amide bonds. The van der Waals surface area contributed by atoms with Crippen LogP contribution >= 0.6 is 0 Å². The van der Waals surface area contributed by atoms with Crippen LogP contribution < -0.4 is 10.3 Å². The van der Waals surface area contributed by atoms with Crippen molar-refractivity contribution in [3.63, 3.8) is 0 Å². The largest absolute Gasteiger partial charge is 1.00 e. The van der Waals surface area contributed by atoms with E-state index in [0.29, 0.717) is 11.4 Å². The van der Waals surface area contributed by atoms with Gasteiger partial charge in [0.05, 0.1) is 20.4 Å². The molecule has 0 saturated carbocycles. The van der Waals surface area contributed by atoms with Gasteiger partial charge in [0.15, 0.2) is 12.0 Å². The molecule has 1 unspecified atom stereocenters. The molecule has 58 heavy (non-hydrogen) atoms. The number of hydrogen-bond donors (Lipinski definition) is 5. The summed E-state index contributed by atoms with van der Waals surface area (Å²) in [5, 5.41) is 81.3. The second-order valence-electron chi connectivity index (χ2n) is 11.5. The number of nitro benzene ring substituents is 2. The van der Waals surface area contributed by atoms with Crippen LogP contribution in [0.5, 0.6) is 17.2 Å². The van der Waals surface area contributed by atoms with E-state index in [4.69, 9.17) is 0 Å². The van der Waals surface area contributed by atoms with Crippen LogP contribution in [0.25, 0.3) is 16.2 Å². The van der Waals surface area contributed by atoms with Crippen molar-refractivity contribution in [2.75, 3.05) is 10.3 Å². The Morgan fingerprint density at radius 2 is 1.45 bits per heavy atom. The zero-order valence-corrected chi connectivity index (χ0v) is 31.6. The Labute approximate surface area is 340 Å². The molecule has 23 heteroatoms. The molecular formula is C35H29CrN9O12S. The number of para-hydroxylation sites is 1. The van der Waals surface area contributed by atoms with Gasteiger partial charge in [-0.05, 0) is 53.9 Å². The third-order valence-corrected chi connectivity index (χ3v) is 8.61. The van der Waals surface area contributed by atoms with Crippen LogP contribution in [-0.4, -0.2) is 55.4 Å². The normalized spacial score (nSPS) is 13.8. The number of anilines is 2. The number of allylic oxidation sites excluding steroid dienone is 1. The first kappa shape index (κ1) is 43.4. The van der Waals surface area contributed by atoms with E-state index in [1.54, 1.807) is 19.1 Å². The number of rotatable bonds is 10. The molecule has 5 N–H and O–H groups in total. The van der Waals surface area contributed by atoms with Crippen molar-refractivity contribution >= 4 is 66.6 Å². The van der Waals surface area contributed by atoms with Gasteiger partial charge in [-0.2, -0.15) is 5.11 Å². The Morgan fingerprint density at radius 3 is 1.98 bits per heavy atom. The number of aliphatic hydroxyl groups is 1. The number of azo groups is 2. The monoisotopic (exact) mass is 851 g/mol. The molecule has 21 nitrogen and oxygen atoms in total. The number of benzene rings is 5. The predicted octanol–water partition coefficient (Wildman–Crippen LogP) is 7.57. The molecule has 1 aliphatic rings. The predicted molar refractivity (Wildman–Crippen MR) is 204 cm³/mol. The summed E-state index contributed by atoms with van der Waals surface area (Å²) in [6.45, 7) is 4.97. The molecule has 0 fully saturated rings. The van der Waals surface area contributed by atoms with Crippen molar-refractivity contribution in [3.8, 4) is 17.2 Å². The SMILES string of the molecule is C=CC(=O)Nc1ccc2cc(S(=O)(=O)[O-])c(N=Nc3cc([N+](=O)[O-])ccc3O)c(O)c2c1.CC1=C(N=Nc2cc([N+](=O)[O-])ccc2O)C(O)N(c2ccccc2)[N-]1.[Cr].[H+].[H+]. The van der Waals surface area contributed by atoms with Crippen LogP contribution in [0.1, 0.15) is 9.78 Å². The number of aromatic hydroxyl groups is 3. The van der Waals surface area contributed by atoms with Crippen LogP contribution in [0, 0.1) is 20.2 Å². The van der Waals surface area contributed by atoms with Gasteiger partial charge >= 0.3 is 2.85 Å². The zero-order valence-electron chi connectivity index (χ0n) is 31.5. The fourth-order valence-corrected chi connectivity index (χ4v) is 5.64. The number of amides is 1. The van der Waals surface area contributed by atoms with Crippen molar-refractivity contribution in [3.05, 3.63) is 141 Å². The van der Waals surface area contributed by atoms with Gasteiger partial charge in [-0.3, -0.25) is 25.0 Å². The second kappa shape index (κ2) is 18.1. The van der Waals surface area contributed by atoms with Gasteiger partial charge in [-0.15, -0.1) is 21.0 Å². The molecule has 1 heterocycles. The quantitative estimate of drug-likeness (QED) is 0.0298. The number of nitrogens with one attached hydrogen (secondary N) is 1. The third kappa shape index (κ3) is 9.92. The average Bonchev–Trinajstić information content (AvgIpc) is 3.46. The number of phenols is 3. The molecule has 0 saturated heterocycles. The van der Waals surface area contributed by atoms with Crippen molar-refractivity contribution in [1.82, 2.24) is 0 Å². The van der Waals surface area contributed by atoms with E-state index in [9.17, 15) is 58.4 Å². The summed E-state index contributed by atoms with van der Waals surface area (Å²) in [6, 6.07) is 20.3. The maximum absolute atomic E-state index is 11.7. The molecule has 0 aromatic heterocycles. The van der Waals surface area contributed by atoms with E-state index in [1.165, 1.54) is 29.3 Å². The van der Waals surface area contributed by atoms with Crippen LogP contribution in [0.15, 0.2) is 140 Å². The molecular weight excluding hydrogens is 822 g/mol. The van der Waals surface area contributed by atoms with Crippen LogP contribution in [0.3, 0.4) is 0 Å². The summed E-state index contributed by atoms with van der Waals surface area (Å²) < 4.78 is 35.2. The Bertz CT molecular complexity index is 2660. The molecule has 6 rings (SSSR count). The fraction of sp³-hybridized carbons (Fsp3) is 0.0571. The number of carbonyl (C=O) groups excluding carboxylic acids is 1. The van der Waals surface area contributed by atoms with Gasteiger partial charge in [0, 0.05) is 58.4 Å². The summed E-state index contributed by atoms with van der Waals surface area (Å²) in [7, 11) is -5.13. The Kier molecular flexibility index (Phi) is 13.6. The Morgan fingerprint density at radius 1 is 0.879 bits per heavy atom. The minimum Gasteiger partial charge on any atom is -0.744 e. The van der Waals surface area contributed by atoms with Gasteiger partial charge in [-0.1, -0.05) is 37.8 Å². The standard InChI is InChI=1S/C19H14N4O8S.C16H14N5O4.Cr/c1-2-17(25)20-11-4-3-10-7-16(32(29,30)31)18(19(26)13(10)8-11)22-21-14-9-12(23(27)28)5-6-15(14)24;1-10-15(16(23)20(19-10)11-5-3-2-4-6-11)18-17-13-9-12(21(24)25)7-8-14(13)22;/h2-9,24,26H,1H2,(H,20,25)(H,29,30,31);2-9,16,23H,1H3,(H-,17,18,19,22);/q;-1;/p+1. The summed E-state index contributed by atoms with van der Waals surface area (Å²) in [5.41, 5.74) is 3.92. The first-order valence-corrected chi connectivity index (χ1v) is 17.3. The number of phenolic OH excluding ortho intramolecular Hbond substituents is 3. The maximum Gasteiger partial charge on any atom is 1.00 e. The Balaban J connectivity index is 0.000000404. The molecule has 1 aliphatic heterocycles. The molecule has 0 spiro atoms. The van der Waals surface area contributed by atoms with E-state index in [1.807, 2.05) is 18.2 Å². The van der Waals surface area contributed by atoms with Crippen molar-refractivity contribution < 1.29 is 68.3 Å². The fourth-order valence-electron chi connectivity index (χ4n) is 5.00. The number of non-ortho nitro benzene ring substituents is 2. The summed E-state index contributed by atoms with van der Waals surface area (Å²) >= 11 is 0. The van der Waals surface area contributed by atoms with Gasteiger partial charge < -0.3 is 40.7 Å². The minimum absolute atomic E-state index is 0. The van der Waals surface area contributed by atoms with E-state index in [-0.39, 0.29) is 59.5 Å². The smallest absolute Gasteiger partial charge is 0.744 e. The minimum atomic E-state index is -5.13. The first-order valence-electron chi connectivity index (χ1n) is 15.9. The number of fused-ring (bicyclic) bond motifs is 1. The maximum atomic E-state index is 11.7. The number of nitro groups is 2. The van der Waals surface area contributed by atoms with E-state index >= 15 is 0 Å². The van der Waals surface area contributed by atoms with Gasteiger partial charge in [0.25, 0.3) is 11.4 Å². The molecule has 0 radical (unpaired) electrons. The zero-order chi connectivity index (χ0) is 41.6. The molecule has 1 atom stereocenters. The van der Waals surface area contributed by atoms with E-state index in [2.05, 4.69) is 37.8 Å². The Hall–Kier alpha value is -7.29. The summed E-state index contributed by atoms with van der Waals surface area (Å²) in [6.07, 6.45) is -0.130. The van der Waals surface area contributed by atoms with Crippen LogP contribution in [0.4, 0.5) is 39.8 Å². The van der Waals surface area contributed by atoms with E-state index < -0.39 is 65.6 Å². The molecule has 0 aliphatic carbocycles. The topological polar surface area (TPSA) is 320 Å². The van der Waals surface area contributed by atoms with Crippen LogP contribution in [-0.2, 0) is 32.3 Å². The van der Waals surface area contributed by atoms with Crippen molar-refractivity contribution in [2.45, 2.75) is 18.0 Å². The number of nitrogens with zero attached hydrogens (tertiary/aromatic N) is 8. The summed E-state index contributed by atoms with van der Waals surface area (Å²) in [4.78, 5) is 31.0. The molecule has 0 bridgehead atoms. The summed E-state index contributed by atoms with van der Waals surface area (Å²) in [5.74, 6) is -2.05. The number of carbonyl (C=O) groups is 1. The molecule has 5 aromatic carbocycles. The van der Waals surface area contributed by atoms with Crippen molar-refractivity contribution in [1.29, 1.82) is 0 Å². The average molecular weight is 852 g/mol. The van der Waals surface area contributed by atoms with Crippen LogP contribution in [0.2, 0.25) is 0 Å².